The lowest BCUT2D eigenvalue weighted by molar-refractivity contribution is 0.507. The first-order valence-corrected chi connectivity index (χ1v) is 4.88. The summed E-state index contributed by atoms with van der Waals surface area (Å²) >= 11 is 1.53. The fourth-order valence-electron chi connectivity index (χ4n) is 1.00. The second kappa shape index (κ2) is 3.68. The van der Waals surface area contributed by atoms with Crippen molar-refractivity contribution in [3.05, 3.63) is 23.0 Å². The van der Waals surface area contributed by atoms with E-state index in [0.29, 0.717) is 24.6 Å². The van der Waals surface area contributed by atoms with Gasteiger partial charge in [0.2, 0.25) is 0 Å². The van der Waals surface area contributed by atoms with Crippen molar-refractivity contribution in [2.45, 2.75) is 6.42 Å². The van der Waals surface area contributed by atoms with E-state index in [1.807, 2.05) is 5.38 Å². The number of hydrogen-bond acceptors (Lipinski definition) is 5. The van der Waals surface area contributed by atoms with Gasteiger partial charge >= 0.3 is 0 Å². The molecule has 2 aromatic heterocycles. The van der Waals surface area contributed by atoms with Gasteiger partial charge in [0.05, 0.1) is 11.7 Å². The van der Waals surface area contributed by atoms with Gasteiger partial charge in [0.25, 0.3) is 0 Å². The van der Waals surface area contributed by atoms with Gasteiger partial charge in [-0.3, -0.25) is 0 Å². The molecule has 2 aromatic rings. The number of nitrogens with two attached hydrogens (primary N) is 1. The van der Waals surface area contributed by atoms with Crippen molar-refractivity contribution in [3.63, 3.8) is 0 Å². The maximum absolute atomic E-state index is 5.42. The standard InChI is InChI=1S/C8H9N3OS/c9-2-1-8-10-3-7(12-8)6-4-13-5-11-6/h3-5H,1-2,9H2. The predicted molar refractivity (Wildman–Crippen MR) is 50.4 cm³/mol. The van der Waals surface area contributed by atoms with Gasteiger partial charge < -0.3 is 10.2 Å². The fraction of sp³-hybridized carbons (Fsp3) is 0.250. The van der Waals surface area contributed by atoms with Crippen molar-refractivity contribution in [2.75, 3.05) is 6.54 Å². The Balaban J connectivity index is 2.23. The third kappa shape index (κ3) is 1.76. The van der Waals surface area contributed by atoms with Crippen LogP contribution < -0.4 is 5.73 Å². The highest BCUT2D eigenvalue weighted by Gasteiger charge is 2.06. The van der Waals surface area contributed by atoms with E-state index in [0.717, 1.165) is 5.69 Å². The second-order valence-electron chi connectivity index (χ2n) is 2.53. The Kier molecular flexibility index (Phi) is 2.37. The van der Waals surface area contributed by atoms with Crippen LogP contribution >= 0.6 is 11.3 Å². The molecule has 0 saturated carbocycles. The summed E-state index contributed by atoms with van der Waals surface area (Å²) in [5, 5.41) is 1.92. The molecular weight excluding hydrogens is 186 g/mol. The lowest BCUT2D eigenvalue weighted by atomic mass is 10.4. The van der Waals surface area contributed by atoms with Gasteiger partial charge in [0, 0.05) is 18.3 Å². The largest absolute Gasteiger partial charge is 0.439 e. The SMILES string of the molecule is NCCc1ncc(-c2cscn2)o1. The van der Waals surface area contributed by atoms with Crippen molar-refractivity contribution in [2.24, 2.45) is 5.73 Å². The number of hydrogen-bond donors (Lipinski definition) is 1. The maximum Gasteiger partial charge on any atom is 0.196 e. The van der Waals surface area contributed by atoms with Crippen molar-refractivity contribution in [1.29, 1.82) is 0 Å². The molecule has 0 aromatic carbocycles. The molecule has 0 aliphatic rings. The summed E-state index contributed by atoms with van der Waals surface area (Å²) < 4.78 is 5.42. The molecule has 0 saturated heterocycles. The topological polar surface area (TPSA) is 64.9 Å². The molecule has 5 heteroatoms. The molecule has 0 aliphatic carbocycles. The van der Waals surface area contributed by atoms with Crippen LogP contribution in [0.1, 0.15) is 5.89 Å². The van der Waals surface area contributed by atoms with Crippen LogP contribution in [0.4, 0.5) is 0 Å². The summed E-state index contributed by atoms with van der Waals surface area (Å²) in [7, 11) is 0. The smallest absolute Gasteiger partial charge is 0.196 e. The Labute approximate surface area is 79.4 Å². The minimum absolute atomic E-state index is 0.553. The summed E-state index contributed by atoms with van der Waals surface area (Å²) in [4.78, 5) is 8.19. The van der Waals surface area contributed by atoms with E-state index in [1.54, 1.807) is 11.7 Å². The van der Waals surface area contributed by atoms with Crippen LogP contribution in [0.2, 0.25) is 0 Å². The first-order valence-electron chi connectivity index (χ1n) is 3.93. The Morgan fingerprint density at radius 1 is 1.46 bits per heavy atom. The number of rotatable bonds is 3. The van der Waals surface area contributed by atoms with E-state index < -0.39 is 0 Å². The Bertz CT molecular complexity index is 368. The molecule has 0 radical (unpaired) electrons. The van der Waals surface area contributed by atoms with Crippen LogP contribution in [0.5, 0.6) is 0 Å². The second-order valence-corrected chi connectivity index (χ2v) is 3.25. The van der Waals surface area contributed by atoms with Crippen LogP contribution in [0, 0.1) is 0 Å². The van der Waals surface area contributed by atoms with Crippen LogP contribution in [-0.2, 0) is 6.42 Å². The van der Waals surface area contributed by atoms with E-state index in [9.17, 15) is 0 Å². The van der Waals surface area contributed by atoms with Crippen molar-refractivity contribution in [3.8, 4) is 11.5 Å². The average molecular weight is 195 g/mol. The summed E-state index contributed by atoms with van der Waals surface area (Å²) in [6.07, 6.45) is 2.35. The minimum atomic E-state index is 0.553. The third-order valence-electron chi connectivity index (χ3n) is 1.60. The predicted octanol–water partition coefficient (Wildman–Crippen LogP) is 1.30. The van der Waals surface area contributed by atoms with Crippen LogP contribution in [0.15, 0.2) is 21.5 Å². The van der Waals surface area contributed by atoms with E-state index in [-0.39, 0.29) is 0 Å². The quantitative estimate of drug-likeness (QED) is 0.801. The zero-order chi connectivity index (χ0) is 9.10. The van der Waals surface area contributed by atoms with Crippen LogP contribution in [0.25, 0.3) is 11.5 Å². The van der Waals surface area contributed by atoms with E-state index in [4.69, 9.17) is 10.2 Å². The maximum atomic E-state index is 5.42. The van der Waals surface area contributed by atoms with Crippen molar-refractivity contribution in [1.82, 2.24) is 9.97 Å². The number of aromatic nitrogens is 2. The van der Waals surface area contributed by atoms with Gasteiger partial charge in [0.15, 0.2) is 11.7 Å². The molecule has 0 fully saturated rings. The van der Waals surface area contributed by atoms with Crippen LogP contribution in [-0.4, -0.2) is 16.5 Å². The average Bonchev–Trinajstić information content (AvgIpc) is 2.70. The van der Waals surface area contributed by atoms with Crippen molar-refractivity contribution >= 4 is 11.3 Å². The normalized spacial score (nSPS) is 10.5. The lowest BCUT2D eigenvalue weighted by Gasteiger charge is -1.88. The first-order chi connectivity index (χ1) is 6.40. The summed E-state index contributed by atoms with van der Waals surface area (Å²) in [6.45, 7) is 0.553. The molecule has 4 nitrogen and oxygen atoms in total. The lowest BCUT2D eigenvalue weighted by Crippen LogP contribution is -2.02. The number of thiazole rings is 1. The molecule has 2 N–H and O–H groups in total. The molecule has 0 spiro atoms. The van der Waals surface area contributed by atoms with Gasteiger partial charge in [-0.1, -0.05) is 0 Å². The molecule has 68 valence electrons. The first kappa shape index (κ1) is 8.40. The van der Waals surface area contributed by atoms with E-state index >= 15 is 0 Å². The van der Waals surface area contributed by atoms with Crippen molar-refractivity contribution < 1.29 is 4.42 Å². The third-order valence-corrected chi connectivity index (χ3v) is 2.18. The Morgan fingerprint density at radius 2 is 2.38 bits per heavy atom. The van der Waals surface area contributed by atoms with E-state index in [2.05, 4.69) is 9.97 Å². The zero-order valence-electron chi connectivity index (χ0n) is 6.93. The summed E-state index contributed by atoms with van der Waals surface area (Å²) in [6, 6.07) is 0. The van der Waals surface area contributed by atoms with Gasteiger partial charge in [0.1, 0.15) is 5.69 Å². The van der Waals surface area contributed by atoms with Gasteiger partial charge in [-0.15, -0.1) is 11.3 Å². The van der Waals surface area contributed by atoms with Gasteiger partial charge in [-0.05, 0) is 0 Å². The molecule has 0 atom stereocenters. The molecule has 0 unspecified atom stereocenters. The molecule has 2 rings (SSSR count). The summed E-state index contributed by atoms with van der Waals surface area (Å²) in [5.41, 5.74) is 7.97. The zero-order valence-corrected chi connectivity index (χ0v) is 7.75. The minimum Gasteiger partial charge on any atom is -0.439 e. The number of nitrogens with zero attached hydrogens (tertiary/aromatic N) is 2. The number of oxazole rings is 1. The molecule has 0 aliphatic heterocycles. The highest BCUT2D eigenvalue weighted by molar-refractivity contribution is 7.07. The highest BCUT2D eigenvalue weighted by Crippen LogP contribution is 2.19. The summed E-state index contributed by atoms with van der Waals surface area (Å²) in [5.74, 6) is 1.38. The molecule has 0 amide bonds. The van der Waals surface area contributed by atoms with Crippen LogP contribution in [0.3, 0.4) is 0 Å². The van der Waals surface area contributed by atoms with Gasteiger partial charge in [-0.2, -0.15) is 0 Å². The molecule has 2 heterocycles. The Morgan fingerprint density at radius 3 is 3.08 bits per heavy atom. The Hall–Kier alpha value is -1.20. The van der Waals surface area contributed by atoms with E-state index in [1.165, 1.54) is 11.3 Å². The molecule has 0 bridgehead atoms. The monoisotopic (exact) mass is 195 g/mol. The van der Waals surface area contributed by atoms with Gasteiger partial charge in [-0.25, -0.2) is 9.97 Å². The molecular formula is C8H9N3OS. The fourth-order valence-corrected chi connectivity index (χ4v) is 1.54. The molecule has 13 heavy (non-hydrogen) atoms. The highest BCUT2D eigenvalue weighted by atomic mass is 32.1.